The zero-order chi connectivity index (χ0) is 12.8. The monoisotopic (exact) mass is 355 g/mol. The minimum absolute atomic E-state index is 0.245. The van der Waals surface area contributed by atoms with Gasteiger partial charge in [-0.3, -0.25) is 4.79 Å². The third kappa shape index (κ3) is 4.45. The van der Waals surface area contributed by atoms with Crippen LogP contribution in [0.1, 0.15) is 17.3 Å². The number of benzene rings is 1. The Balaban J connectivity index is 2.82. The number of ether oxygens (including phenoxy) is 1. The molecule has 0 heterocycles. The van der Waals surface area contributed by atoms with E-state index >= 15 is 0 Å². The van der Waals surface area contributed by atoms with Gasteiger partial charge >= 0.3 is 0 Å². The molecule has 0 radical (unpaired) electrons. The fourth-order valence-electron chi connectivity index (χ4n) is 1.17. The average molecular weight is 355 g/mol. The van der Waals surface area contributed by atoms with Gasteiger partial charge in [0.2, 0.25) is 0 Å². The van der Waals surface area contributed by atoms with Crippen LogP contribution in [0.25, 0.3) is 0 Å². The first-order valence-electron chi connectivity index (χ1n) is 5.03. The maximum Gasteiger partial charge on any atom is 0.272 e. The minimum Gasteiger partial charge on any atom is -0.487 e. The molecule has 0 saturated carbocycles. The van der Waals surface area contributed by atoms with Crippen molar-refractivity contribution < 1.29 is 18.3 Å². The van der Waals surface area contributed by atoms with Gasteiger partial charge in [0.1, 0.15) is 12.4 Å². The number of halogens is 3. The molecule has 17 heavy (non-hydrogen) atoms. The van der Waals surface area contributed by atoms with E-state index in [0.29, 0.717) is 21.4 Å². The van der Waals surface area contributed by atoms with Gasteiger partial charge in [0.05, 0.1) is 3.57 Å². The van der Waals surface area contributed by atoms with Crippen molar-refractivity contribution in [3.8, 4) is 5.75 Å². The van der Waals surface area contributed by atoms with Crippen LogP contribution in [0.3, 0.4) is 0 Å². The third-order valence-corrected chi connectivity index (χ3v) is 2.79. The van der Waals surface area contributed by atoms with Crippen molar-refractivity contribution in [2.45, 2.75) is 13.3 Å². The molecule has 0 aromatic heterocycles. The molecule has 0 unspecified atom stereocenters. The molecule has 6 heteroatoms. The van der Waals surface area contributed by atoms with Crippen LogP contribution >= 0.6 is 22.6 Å². The number of alkyl halides is 2. The van der Waals surface area contributed by atoms with Crippen LogP contribution in [0.4, 0.5) is 8.78 Å². The van der Waals surface area contributed by atoms with Crippen LogP contribution in [0.2, 0.25) is 0 Å². The molecule has 1 aromatic carbocycles. The van der Waals surface area contributed by atoms with Crippen molar-refractivity contribution in [1.29, 1.82) is 0 Å². The zero-order valence-corrected chi connectivity index (χ0v) is 11.3. The van der Waals surface area contributed by atoms with Crippen LogP contribution in [-0.2, 0) is 0 Å². The lowest BCUT2D eigenvalue weighted by Crippen LogP contribution is -2.22. The van der Waals surface area contributed by atoms with Crippen molar-refractivity contribution in [3.63, 3.8) is 0 Å². The lowest BCUT2D eigenvalue weighted by atomic mass is 10.2. The smallest absolute Gasteiger partial charge is 0.272 e. The largest absolute Gasteiger partial charge is 0.487 e. The Hall–Kier alpha value is -0.920. The summed E-state index contributed by atoms with van der Waals surface area (Å²) in [7, 11) is 0. The maximum atomic E-state index is 12.0. The third-order valence-electron chi connectivity index (χ3n) is 1.90. The molecule has 0 aliphatic rings. The maximum absolute atomic E-state index is 12.0. The molecule has 0 aliphatic carbocycles. The van der Waals surface area contributed by atoms with E-state index in [-0.39, 0.29) is 5.91 Å². The predicted molar refractivity (Wildman–Crippen MR) is 68.7 cm³/mol. The standard InChI is InChI=1S/C11H12F2INO2/c1-2-15-11(16)7-3-4-8(14)9(5-7)17-6-10(12)13/h3-5,10H,2,6H2,1H3,(H,15,16). The van der Waals surface area contributed by atoms with E-state index in [0.717, 1.165) is 0 Å². The van der Waals surface area contributed by atoms with Crippen LogP contribution in [0.5, 0.6) is 5.75 Å². The highest BCUT2D eigenvalue weighted by Gasteiger charge is 2.10. The Kier molecular flexibility index (Phi) is 5.60. The number of carbonyl (C=O) groups excluding carboxylic acids is 1. The molecule has 94 valence electrons. The summed E-state index contributed by atoms with van der Waals surface area (Å²) in [6, 6.07) is 4.75. The normalized spacial score (nSPS) is 10.4. The molecule has 0 saturated heterocycles. The van der Waals surface area contributed by atoms with Gasteiger partial charge in [0.15, 0.2) is 0 Å². The minimum atomic E-state index is -2.53. The highest BCUT2D eigenvalue weighted by Crippen LogP contribution is 2.22. The van der Waals surface area contributed by atoms with Crippen molar-refractivity contribution in [2.24, 2.45) is 0 Å². The number of amides is 1. The molecular formula is C11H12F2INO2. The number of nitrogens with one attached hydrogen (secondary N) is 1. The summed E-state index contributed by atoms with van der Waals surface area (Å²) in [5.41, 5.74) is 0.400. The van der Waals surface area contributed by atoms with Gasteiger partial charge in [-0.25, -0.2) is 8.78 Å². The van der Waals surface area contributed by atoms with Crippen molar-refractivity contribution in [2.75, 3.05) is 13.2 Å². The fraction of sp³-hybridized carbons (Fsp3) is 0.364. The number of hydrogen-bond acceptors (Lipinski definition) is 2. The lowest BCUT2D eigenvalue weighted by Gasteiger charge is -2.09. The zero-order valence-electron chi connectivity index (χ0n) is 9.17. The van der Waals surface area contributed by atoms with Gasteiger partial charge in [-0.05, 0) is 47.7 Å². The van der Waals surface area contributed by atoms with Gasteiger partial charge in [-0.15, -0.1) is 0 Å². The predicted octanol–water partition coefficient (Wildman–Crippen LogP) is 2.68. The van der Waals surface area contributed by atoms with Crippen molar-refractivity contribution >= 4 is 28.5 Å². The van der Waals surface area contributed by atoms with E-state index < -0.39 is 13.0 Å². The van der Waals surface area contributed by atoms with Gasteiger partial charge in [0.25, 0.3) is 12.3 Å². The van der Waals surface area contributed by atoms with Gasteiger partial charge in [0, 0.05) is 12.1 Å². The molecule has 0 atom stereocenters. The van der Waals surface area contributed by atoms with Gasteiger partial charge < -0.3 is 10.1 Å². The fourth-order valence-corrected chi connectivity index (χ4v) is 1.66. The Morgan fingerprint density at radius 2 is 2.24 bits per heavy atom. The molecule has 3 nitrogen and oxygen atoms in total. The first-order valence-corrected chi connectivity index (χ1v) is 6.11. The Morgan fingerprint density at radius 3 is 2.82 bits per heavy atom. The lowest BCUT2D eigenvalue weighted by molar-refractivity contribution is 0.0814. The second-order valence-electron chi connectivity index (χ2n) is 3.21. The average Bonchev–Trinajstić information content (AvgIpc) is 2.28. The van der Waals surface area contributed by atoms with Gasteiger partial charge in [-0.2, -0.15) is 0 Å². The number of hydrogen-bond donors (Lipinski definition) is 1. The summed E-state index contributed by atoms with van der Waals surface area (Å²) in [5.74, 6) is 0.0560. The molecule has 1 amide bonds. The van der Waals surface area contributed by atoms with Crippen LogP contribution in [0.15, 0.2) is 18.2 Å². The van der Waals surface area contributed by atoms with E-state index in [1.54, 1.807) is 19.1 Å². The summed E-state index contributed by atoms with van der Waals surface area (Å²) in [5, 5.41) is 2.63. The second-order valence-corrected chi connectivity index (χ2v) is 4.37. The number of rotatable bonds is 5. The Labute approximate surface area is 112 Å². The van der Waals surface area contributed by atoms with Crippen molar-refractivity contribution in [3.05, 3.63) is 27.3 Å². The summed E-state index contributed by atoms with van der Waals surface area (Å²) in [6.45, 7) is 1.64. The summed E-state index contributed by atoms with van der Waals surface area (Å²) >= 11 is 1.97. The van der Waals surface area contributed by atoms with E-state index in [1.165, 1.54) is 6.07 Å². The van der Waals surface area contributed by atoms with Crippen molar-refractivity contribution in [1.82, 2.24) is 5.32 Å². The highest BCUT2D eigenvalue weighted by molar-refractivity contribution is 14.1. The topological polar surface area (TPSA) is 38.3 Å². The first-order chi connectivity index (χ1) is 8.04. The molecule has 1 rings (SSSR count). The second kappa shape index (κ2) is 6.73. The summed E-state index contributed by atoms with van der Waals surface area (Å²) in [4.78, 5) is 11.5. The van der Waals surface area contributed by atoms with E-state index in [2.05, 4.69) is 5.32 Å². The van der Waals surface area contributed by atoms with E-state index in [1.807, 2.05) is 22.6 Å². The van der Waals surface area contributed by atoms with Gasteiger partial charge in [-0.1, -0.05) is 0 Å². The molecule has 0 fully saturated rings. The Morgan fingerprint density at radius 1 is 1.53 bits per heavy atom. The van der Waals surface area contributed by atoms with Crippen LogP contribution < -0.4 is 10.1 Å². The number of carbonyl (C=O) groups is 1. The SMILES string of the molecule is CCNC(=O)c1ccc(I)c(OCC(F)F)c1. The quantitative estimate of drug-likeness (QED) is 0.825. The van der Waals surface area contributed by atoms with Crippen LogP contribution in [0, 0.1) is 3.57 Å². The molecule has 0 aliphatic heterocycles. The molecule has 0 bridgehead atoms. The molecule has 1 N–H and O–H groups in total. The summed E-state index contributed by atoms with van der Waals surface area (Å²) in [6.07, 6.45) is -2.53. The molecule has 0 spiro atoms. The Bertz CT molecular complexity index is 399. The summed E-state index contributed by atoms with van der Waals surface area (Å²) < 4.78 is 29.7. The van der Waals surface area contributed by atoms with E-state index in [9.17, 15) is 13.6 Å². The van der Waals surface area contributed by atoms with Crippen LogP contribution in [-0.4, -0.2) is 25.5 Å². The van der Waals surface area contributed by atoms with E-state index in [4.69, 9.17) is 4.74 Å². The molecular weight excluding hydrogens is 343 g/mol. The highest BCUT2D eigenvalue weighted by atomic mass is 127. The first kappa shape index (κ1) is 14.1. The molecule has 1 aromatic rings.